The van der Waals surface area contributed by atoms with Crippen molar-refractivity contribution >= 4 is 21.7 Å². The summed E-state index contributed by atoms with van der Waals surface area (Å²) in [5.74, 6) is -1.45. The summed E-state index contributed by atoms with van der Waals surface area (Å²) in [6.07, 6.45) is 0. The lowest BCUT2D eigenvalue weighted by Crippen LogP contribution is -2.43. The number of nitrogens with one attached hydrogen (secondary N) is 1. The van der Waals surface area contributed by atoms with Gasteiger partial charge in [-0.3, -0.25) is 4.79 Å². The molecule has 2 aromatic carbocycles. The molecule has 0 aromatic heterocycles. The van der Waals surface area contributed by atoms with Gasteiger partial charge >= 0.3 is 5.97 Å². The van der Waals surface area contributed by atoms with E-state index in [-0.39, 0.29) is 4.90 Å². The number of nitrogen functional groups attached to an aromatic ring is 1. The zero-order valence-electron chi connectivity index (χ0n) is 12.0. The minimum absolute atomic E-state index is 0.0867. The van der Waals surface area contributed by atoms with Crippen LogP contribution < -0.4 is 10.5 Å². The molecule has 0 fully saturated rings. The van der Waals surface area contributed by atoms with Crippen molar-refractivity contribution in [3.05, 3.63) is 48.5 Å². The summed E-state index contributed by atoms with van der Waals surface area (Å²) in [7, 11) is -4.03. The number of anilines is 1. The number of hydrogen-bond donors (Lipinski definition) is 4. The average molecular weight is 336 g/mol. The maximum atomic E-state index is 12.1. The number of benzene rings is 2. The SMILES string of the molecule is Nc1ccc(-c2ccc(S(=O)(=O)NC(CO)C(=O)O)cc2)cc1. The number of rotatable bonds is 6. The molecule has 0 bridgehead atoms. The van der Waals surface area contributed by atoms with Gasteiger partial charge in [0.05, 0.1) is 11.5 Å². The van der Waals surface area contributed by atoms with Crippen LogP contribution in [0.3, 0.4) is 0 Å². The Morgan fingerprint density at radius 1 is 1.04 bits per heavy atom. The van der Waals surface area contributed by atoms with E-state index < -0.39 is 28.6 Å². The maximum absolute atomic E-state index is 12.1. The van der Waals surface area contributed by atoms with Crippen LogP contribution in [-0.2, 0) is 14.8 Å². The third-order valence-electron chi connectivity index (χ3n) is 3.19. The Balaban J connectivity index is 2.24. The van der Waals surface area contributed by atoms with Crippen LogP contribution in [0.2, 0.25) is 0 Å². The summed E-state index contributed by atoms with van der Waals surface area (Å²) in [4.78, 5) is 10.7. The van der Waals surface area contributed by atoms with E-state index in [4.69, 9.17) is 15.9 Å². The van der Waals surface area contributed by atoms with Gasteiger partial charge < -0.3 is 15.9 Å². The van der Waals surface area contributed by atoms with E-state index in [1.165, 1.54) is 12.1 Å². The van der Waals surface area contributed by atoms with Gasteiger partial charge in [-0.05, 0) is 35.4 Å². The first kappa shape index (κ1) is 16.9. The molecule has 0 amide bonds. The van der Waals surface area contributed by atoms with Crippen molar-refractivity contribution in [3.8, 4) is 11.1 Å². The fraction of sp³-hybridized carbons (Fsp3) is 0.133. The molecule has 1 unspecified atom stereocenters. The van der Waals surface area contributed by atoms with Crippen molar-refractivity contribution in [2.45, 2.75) is 10.9 Å². The minimum Gasteiger partial charge on any atom is -0.480 e. The van der Waals surface area contributed by atoms with Crippen LogP contribution in [0.5, 0.6) is 0 Å². The minimum atomic E-state index is -4.03. The normalized spacial score (nSPS) is 12.7. The van der Waals surface area contributed by atoms with Crippen molar-refractivity contribution in [1.82, 2.24) is 4.72 Å². The van der Waals surface area contributed by atoms with Gasteiger partial charge in [0.15, 0.2) is 0 Å². The predicted molar refractivity (Wildman–Crippen MR) is 85.1 cm³/mol. The second-order valence-corrected chi connectivity index (χ2v) is 6.56. The van der Waals surface area contributed by atoms with Gasteiger partial charge in [-0.1, -0.05) is 24.3 Å². The fourth-order valence-corrected chi connectivity index (χ4v) is 3.10. The summed E-state index contributed by atoms with van der Waals surface area (Å²) in [5.41, 5.74) is 7.90. The molecule has 23 heavy (non-hydrogen) atoms. The quantitative estimate of drug-likeness (QED) is 0.573. The van der Waals surface area contributed by atoms with Crippen molar-refractivity contribution in [2.24, 2.45) is 0 Å². The lowest BCUT2D eigenvalue weighted by molar-refractivity contribution is -0.139. The topological polar surface area (TPSA) is 130 Å². The van der Waals surface area contributed by atoms with Crippen LogP contribution in [0.4, 0.5) is 5.69 Å². The molecule has 122 valence electrons. The van der Waals surface area contributed by atoms with Crippen molar-refractivity contribution in [2.75, 3.05) is 12.3 Å². The molecule has 0 saturated heterocycles. The summed E-state index contributed by atoms with van der Waals surface area (Å²) in [6, 6.07) is 11.4. The molecular formula is C15H16N2O5S. The molecule has 0 aliphatic carbocycles. The summed E-state index contributed by atoms with van der Waals surface area (Å²) >= 11 is 0. The second kappa shape index (κ2) is 6.78. The van der Waals surface area contributed by atoms with Gasteiger partial charge in [0.1, 0.15) is 6.04 Å². The molecule has 2 aromatic rings. The Bertz CT molecular complexity index is 786. The van der Waals surface area contributed by atoms with E-state index in [1.54, 1.807) is 24.3 Å². The first-order chi connectivity index (χ1) is 10.8. The summed E-state index contributed by atoms with van der Waals surface area (Å²) < 4.78 is 26.1. The lowest BCUT2D eigenvalue weighted by Gasteiger charge is -2.12. The zero-order valence-corrected chi connectivity index (χ0v) is 12.8. The van der Waals surface area contributed by atoms with Crippen LogP contribution in [0.25, 0.3) is 11.1 Å². The highest BCUT2D eigenvalue weighted by Crippen LogP contribution is 2.22. The molecule has 2 rings (SSSR count). The van der Waals surface area contributed by atoms with Crippen LogP contribution in [0.1, 0.15) is 0 Å². The molecule has 0 saturated carbocycles. The largest absolute Gasteiger partial charge is 0.480 e. The van der Waals surface area contributed by atoms with E-state index in [0.717, 1.165) is 11.1 Å². The number of sulfonamides is 1. The molecule has 0 aliphatic heterocycles. The van der Waals surface area contributed by atoms with Gasteiger partial charge in [0.2, 0.25) is 10.0 Å². The van der Waals surface area contributed by atoms with Crippen molar-refractivity contribution in [3.63, 3.8) is 0 Å². The van der Waals surface area contributed by atoms with Gasteiger partial charge in [0.25, 0.3) is 0 Å². The number of nitrogens with two attached hydrogens (primary N) is 1. The van der Waals surface area contributed by atoms with Crippen molar-refractivity contribution < 1.29 is 23.4 Å². The highest BCUT2D eigenvalue weighted by Gasteiger charge is 2.24. The highest BCUT2D eigenvalue weighted by molar-refractivity contribution is 7.89. The molecule has 0 aliphatic rings. The third-order valence-corrected chi connectivity index (χ3v) is 4.67. The molecule has 0 radical (unpaired) electrons. The van der Waals surface area contributed by atoms with E-state index in [1.807, 2.05) is 16.9 Å². The summed E-state index contributed by atoms with van der Waals surface area (Å²) in [6.45, 7) is -0.835. The molecular weight excluding hydrogens is 320 g/mol. The van der Waals surface area contributed by atoms with Gasteiger partial charge in [-0.2, -0.15) is 4.72 Å². The Morgan fingerprint density at radius 2 is 1.52 bits per heavy atom. The first-order valence-electron chi connectivity index (χ1n) is 6.65. The maximum Gasteiger partial charge on any atom is 0.324 e. The Kier molecular flexibility index (Phi) is 4.99. The average Bonchev–Trinajstić information content (AvgIpc) is 2.53. The molecule has 7 nitrogen and oxygen atoms in total. The van der Waals surface area contributed by atoms with Crippen LogP contribution in [0, 0.1) is 0 Å². The zero-order chi connectivity index (χ0) is 17.0. The fourth-order valence-electron chi connectivity index (χ4n) is 1.92. The highest BCUT2D eigenvalue weighted by atomic mass is 32.2. The number of aliphatic carboxylic acids is 1. The monoisotopic (exact) mass is 336 g/mol. The number of carboxylic acids is 1. The standard InChI is InChI=1S/C15H16N2O5S/c16-12-5-1-10(2-6-12)11-3-7-13(8-4-11)23(21,22)17-14(9-18)15(19)20/h1-8,14,17-18H,9,16H2,(H,19,20). The molecule has 1 atom stereocenters. The van der Waals surface area contributed by atoms with Gasteiger partial charge in [-0.25, -0.2) is 8.42 Å². The van der Waals surface area contributed by atoms with E-state index in [0.29, 0.717) is 5.69 Å². The van der Waals surface area contributed by atoms with E-state index in [2.05, 4.69) is 0 Å². The van der Waals surface area contributed by atoms with E-state index >= 15 is 0 Å². The Morgan fingerprint density at radius 3 is 1.96 bits per heavy atom. The predicted octanol–water partition coefficient (Wildman–Crippen LogP) is 0.660. The molecule has 0 spiro atoms. The number of aliphatic hydroxyl groups is 1. The molecule has 0 heterocycles. The molecule has 8 heteroatoms. The number of aliphatic hydroxyl groups excluding tert-OH is 1. The van der Waals surface area contributed by atoms with Gasteiger partial charge in [-0.15, -0.1) is 0 Å². The Labute approximate surface area is 133 Å². The lowest BCUT2D eigenvalue weighted by atomic mass is 10.1. The number of carbonyl (C=O) groups is 1. The van der Waals surface area contributed by atoms with Crippen LogP contribution in [-0.4, -0.2) is 37.2 Å². The van der Waals surface area contributed by atoms with Crippen LogP contribution >= 0.6 is 0 Å². The van der Waals surface area contributed by atoms with Gasteiger partial charge in [0, 0.05) is 5.69 Å². The van der Waals surface area contributed by atoms with Crippen molar-refractivity contribution in [1.29, 1.82) is 0 Å². The number of hydrogen-bond acceptors (Lipinski definition) is 5. The second-order valence-electron chi connectivity index (χ2n) is 4.84. The first-order valence-corrected chi connectivity index (χ1v) is 8.14. The Hall–Kier alpha value is -2.42. The smallest absolute Gasteiger partial charge is 0.324 e. The number of carboxylic acid groups (broad SMARTS) is 1. The van der Waals surface area contributed by atoms with Crippen LogP contribution in [0.15, 0.2) is 53.4 Å². The summed E-state index contributed by atoms with van der Waals surface area (Å²) in [5, 5.41) is 17.7. The third kappa shape index (κ3) is 4.07. The van der Waals surface area contributed by atoms with E-state index in [9.17, 15) is 13.2 Å². The molecule has 5 N–H and O–H groups in total.